The van der Waals surface area contributed by atoms with Crippen molar-refractivity contribution in [2.24, 2.45) is 0 Å². The average Bonchev–Trinajstić information content (AvgIpc) is 2.39. The van der Waals surface area contributed by atoms with Gasteiger partial charge in [0, 0.05) is 14.3 Å². The predicted molar refractivity (Wildman–Crippen MR) is 89.2 cm³/mol. The first-order valence-electron chi connectivity index (χ1n) is 5.95. The van der Waals surface area contributed by atoms with Crippen molar-refractivity contribution in [3.05, 3.63) is 62.7 Å². The van der Waals surface area contributed by atoms with Crippen molar-refractivity contribution in [2.45, 2.75) is 12.5 Å². The predicted octanol–water partition coefficient (Wildman–Crippen LogP) is 4.36. The van der Waals surface area contributed by atoms with Crippen LogP contribution in [0.1, 0.15) is 12.5 Å². The van der Waals surface area contributed by atoms with Crippen molar-refractivity contribution in [3.63, 3.8) is 0 Å². The average molecular weight is 402 g/mol. The van der Waals surface area contributed by atoms with Crippen LogP contribution in [-0.4, -0.2) is 11.1 Å². The molecular formula is C15H13ClINO2. The van der Waals surface area contributed by atoms with Gasteiger partial charge in [0.05, 0.1) is 0 Å². The number of carbonyl (C=O) groups is 1. The second kappa shape index (κ2) is 6.01. The highest BCUT2D eigenvalue weighted by atomic mass is 127. The number of benzene rings is 2. The van der Waals surface area contributed by atoms with Gasteiger partial charge in [0.25, 0.3) is 0 Å². The fourth-order valence-electron chi connectivity index (χ4n) is 1.89. The van der Waals surface area contributed by atoms with Gasteiger partial charge in [-0.15, -0.1) is 0 Å². The molecule has 0 spiro atoms. The van der Waals surface area contributed by atoms with Crippen LogP contribution in [0.4, 0.5) is 5.69 Å². The van der Waals surface area contributed by atoms with Crippen LogP contribution in [0.25, 0.3) is 0 Å². The van der Waals surface area contributed by atoms with E-state index in [0.29, 0.717) is 16.3 Å². The highest BCUT2D eigenvalue weighted by molar-refractivity contribution is 14.1. The Kier molecular flexibility index (Phi) is 4.55. The molecule has 104 valence electrons. The van der Waals surface area contributed by atoms with Gasteiger partial charge in [-0.3, -0.25) is 0 Å². The summed E-state index contributed by atoms with van der Waals surface area (Å²) in [6.45, 7) is 1.64. The normalized spacial score (nSPS) is 13.6. The van der Waals surface area contributed by atoms with E-state index < -0.39 is 11.5 Å². The maximum absolute atomic E-state index is 11.7. The number of aliphatic carboxylic acids is 1. The molecule has 2 aromatic rings. The van der Waals surface area contributed by atoms with Gasteiger partial charge in [-0.05, 0) is 65.4 Å². The Balaban J connectivity index is 2.39. The molecule has 0 aromatic heterocycles. The molecule has 0 amide bonds. The molecular weight excluding hydrogens is 389 g/mol. The SMILES string of the molecule is CC(Nc1cccc(Cl)c1)(C(=O)O)c1ccc(I)cc1. The summed E-state index contributed by atoms with van der Waals surface area (Å²) in [4.78, 5) is 11.7. The Morgan fingerprint density at radius 1 is 1.25 bits per heavy atom. The van der Waals surface area contributed by atoms with E-state index in [4.69, 9.17) is 11.6 Å². The van der Waals surface area contributed by atoms with E-state index in [1.165, 1.54) is 0 Å². The smallest absolute Gasteiger partial charge is 0.333 e. The van der Waals surface area contributed by atoms with E-state index >= 15 is 0 Å². The van der Waals surface area contributed by atoms with E-state index in [2.05, 4.69) is 27.9 Å². The number of nitrogens with one attached hydrogen (secondary N) is 1. The molecule has 0 aliphatic heterocycles. The summed E-state index contributed by atoms with van der Waals surface area (Å²) < 4.78 is 1.06. The van der Waals surface area contributed by atoms with Crippen molar-refractivity contribution in [1.29, 1.82) is 0 Å². The molecule has 0 bridgehead atoms. The summed E-state index contributed by atoms with van der Waals surface area (Å²) >= 11 is 8.12. The molecule has 2 N–H and O–H groups in total. The van der Waals surface area contributed by atoms with Crippen LogP contribution in [0.3, 0.4) is 0 Å². The number of hydrogen-bond acceptors (Lipinski definition) is 2. The molecule has 2 rings (SSSR count). The minimum absolute atomic E-state index is 0.561. The van der Waals surface area contributed by atoms with Crippen LogP contribution in [0.15, 0.2) is 48.5 Å². The van der Waals surface area contributed by atoms with Crippen LogP contribution in [-0.2, 0) is 10.3 Å². The first-order chi connectivity index (χ1) is 9.41. The summed E-state index contributed by atoms with van der Waals surface area (Å²) in [6, 6.07) is 14.4. The monoisotopic (exact) mass is 401 g/mol. The van der Waals surface area contributed by atoms with Crippen molar-refractivity contribution >= 4 is 45.8 Å². The zero-order valence-electron chi connectivity index (χ0n) is 10.7. The molecule has 0 aliphatic rings. The molecule has 0 fully saturated rings. The van der Waals surface area contributed by atoms with Crippen molar-refractivity contribution < 1.29 is 9.90 Å². The third kappa shape index (κ3) is 3.24. The first kappa shape index (κ1) is 15.1. The Labute approximate surface area is 136 Å². The fraction of sp³-hybridized carbons (Fsp3) is 0.133. The second-order valence-corrected chi connectivity index (χ2v) is 6.25. The molecule has 20 heavy (non-hydrogen) atoms. The number of anilines is 1. The lowest BCUT2D eigenvalue weighted by Gasteiger charge is -2.28. The van der Waals surface area contributed by atoms with E-state index in [9.17, 15) is 9.90 Å². The molecule has 0 saturated heterocycles. The second-order valence-electron chi connectivity index (χ2n) is 4.57. The van der Waals surface area contributed by atoms with Gasteiger partial charge in [0.15, 0.2) is 5.54 Å². The summed E-state index contributed by atoms with van der Waals surface area (Å²) in [5.41, 5.74) is 0.140. The minimum atomic E-state index is -1.21. The number of hydrogen-bond donors (Lipinski definition) is 2. The highest BCUT2D eigenvalue weighted by Crippen LogP contribution is 2.28. The van der Waals surface area contributed by atoms with Crippen LogP contribution >= 0.6 is 34.2 Å². The molecule has 2 aromatic carbocycles. The van der Waals surface area contributed by atoms with E-state index in [-0.39, 0.29) is 0 Å². The molecule has 0 heterocycles. The Hall–Kier alpha value is -1.27. The number of carboxylic acids is 1. The molecule has 0 saturated carbocycles. The Morgan fingerprint density at radius 3 is 2.45 bits per heavy atom. The lowest BCUT2D eigenvalue weighted by atomic mass is 9.91. The molecule has 5 heteroatoms. The number of halogens is 2. The maximum Gasteiger partial charge on any atom is 0.333 e. The molecule has 1 atom stereocenters. The largest absolute Gasteiger partial charge is 0.479 e. The van der Waals surface area contributed by atoms with E-state index in [1.54, 1.807) is 31.2 Å². The van der Waals surface area contributed by atoms with Crippen LogP contribution in [0.5, 0.6) is 0 Å². The van der Waals surface area contributed by atoms with Gasteiger partial charge < -0.3 is 10.4 Å². The topological polar surface area (TPSA) is 49.3 Å². The van der Waals surface area contributed by atoms with Gasteiger partial charge in [0.1, 0.15) is 0 Å². The third-order valence-corrected chi connectivity index (χ3v) is 4.02. The van der Waals surface area contributed by atoms with Gasteiger partial charge in [-0.25, -0.2) is 4.79 Å². The maximum atomic E-state index is 11.7. The quantitative estimate of drug-likeness (QED) is 0.749. The lowest BCUT2D eigenvalue weighted by molar-refractivity contribution is -0.142. The summed E-state index contributed by atoms with van der Waals surface area (Å²) in [6.07, 6.45) is 0. The third-order valence-electron chi connectivity index (χ3n) is 3.07. The minimum Gasteiger partial charge on any atom is -0.479 e. The van der Waals surface area contributed by atoms with Crippen molar-refractivity contribution in [1.82, 2.24) is 0 Å². The summed E-state index contributed by atoms with van der Waals surface area (Å²) in [5.74, 6) is -0.946. The van der Waals surface area contributed by atoms with Crippen LogP contribution in [0.2, 0.25) is 5.02 Å². The Bertz CT molecular complexity index is 630. The lowest BCUT2D eigenvalue weighted by Crippen LogP contribution is -2.40. The van der Waals surface area contributed by atoms with E-state index in [1.807, 2.05) is 24.3 Å². The van der Waals surface area contributed by atoms with Gasteiger partial charge in [-0.2, -0.15) is 0 Å². The summed E-state index contributed by atoms with van der Waals surface area (Å²) in [7, 11) is 0. The number of rotatable bonds is 4. The van der Waals surface area contributed by atoms with E-state index in [0.717, 1.165) is 3.57 Å². The molecule has 0 radical (unpaired) electrons. The van der Waals surface area contributed by atoms with Crippen molar-refractivity contribution in [2.75, 3.05) is 5.32 Å². The fourth-order valence-corrected chi connectivity index (χ4v) is 2.44. The van der Waals surface area contributed by atoms with Crippen LogP contribution < -0.4 is 5.32 Å². The standard InChI is InChI=1S/C15H13ClINO2/c1-15(14(19)20,10-5-7-12(17)8-6-10)18-13-4-2-3-11(16)9-13/h2-9,18H,1H3,(H,19,20). The van der Waals surface area contributed by atoms with Crippen LogP contribution in [0, 0.1) is 3.57 Å². The zero-order valence-corrected chi connectivity index (χ0v) is 13.6. The first-order valence-corrected chi connectivity index (χ1v) is 7.41. The van der Waals surface area contributed by atoms with Crippen molar-refractivity contribution in [3.8, 4) is 0 Å². The van der Waals surface area contributed by atoms with Gasteiger partial charge in [0.2, 0.25) is 0 Å². The van der Waals surface area contributed by atoms with Gasteiger partial charge in [-0.1, -0.05) is 29.8 Å². The van der Waals surface area contributed by atoms with Gasteiger partial charge >= 0.3 is 5.97 Å². The molecule has 0 aliphatic carbocycles. The highest BCUT2D eigenvalue weighted by Gasteiger charge is 2.35. The molecule has 1 unspecified atom stereocenters. The zero-order chi connectivity index (χ0) is 14.8. The Morgan fingerprint density at radius 2 is 1.90 bits per heavy atom. The number of carboxylic acid groups (broad SMARTS) is 1. The molecule has 3 nitrogen and oxygen atoms in total. The summed E-state index contributed by atoms with van der Waals surface area (Å²) in [5, 5.41) is 13.2.